The summed E-state index contributed by atoms with van der Waals surface area (Å²) in [5.74, 6) is -0.114. The molecule has 0 saturated carbocycles. The highest BCUT2D eigenvalue weighted by Crippen LogP contribution is 2.21. The van der Waals surface area contributed by atoms with Gasteiger partial charge in [0.2, 0.25) is 5.91 Å². The molecule has 2 heterocycles. The zero-order chi connectivity index (χ0) is 18.5. The van der Waals surface area contributed by atoms with Crippen LogP contribution in [-0.2, 0) is 4.79 Å². The second kappa shape index (κ2) is 8.10. The van der Waals surface area contributed by atoms with Crippen molar-refractivity contribution in [2.24, 2.45) is 0 Å². The molecule has 26 heavy (non-hydrogen) atoms. The van der Waals surface area contributed by atoms with E-state index >= 15 is 0 Å². The molecule has 1 aromatic carbocycles. The number of nitrogens with one attached hydrogen (secondary N) is 1. The third kappa shape index (κ3) is 4.26. The van der Waals surface area contributed by atoms with E-state index in [0.717, 1.165) is 16.1 Å². The molecule has 134 valence electrons. The van der Waals surface area contributed by atoms with Gasteiger partial charge in [-0.2, -0.15) is 5.10 Å². The number of benzene rings is 1. The summed E-state index contributed by atoms with van der Waals surface area (Å²) in [5, 5.41) is 7.25. The van der Waals surface area contributed by atoms with Crippen molar-refractivity contribution >= 4 is 23.0 Å². The van der Waals surface area contributed by atoms with Crippen molar-refractivity contribution in [3.63, 3.8) is 0 Å². The van der Waals surface area contributed by atoms with Gasteiger partial charge in [0, 0.05) is 30.1 Å². The average Bonchev–Trinajstić information content (AvgIpc) is 3.31. The lowest BCUT2D eigenvalue weighted by molar-refractivity contribution is -0.121. The molecule has 0 aliphatic carbocycles. The maximum atomic E-state index is 12.3. The third-order valence-electron chi connectivity index (χ3n) is 4.13. The van der Waals surface area contributed by atoms with Crippen LogP contribution in [0.4, 0.5) is 0 Å². The number of carbonyl (C=O) groups is 2. The van der Waals surface area contributed by atoms with Gasteiger partial charge in [-0.3, -0.25) is 9.59 Å². The van der Waals surface area contributed by atoms with Crippen molar-refractivity contribution in [2.45, 2.75) is 32.7 Å². The molecular weight excluding hydrogens is 346 g/mol. The molecule has 0 unspecified atom stereocenters. The van der Waals surface area contributed by atoms with Crippen molar-refractivity contribution in [3.8, 4) is 5.69 Å². The molecule has 3 rings (SSSR count). The Balaban J connectivity index is 1.61. The first-order valence-electron chi connectivity index (χ1n) is 8.52. The summed E-state index contributed by atoms with van der Waals surface area (Å²) < 4.78 is 1.78. The fourth-order valence-corrected chi connectivity index (χ4v) is 3.63. The van der Waals surface area contributed by atoms with Gasteiger partial charge in [0.05, 0.1) is 16.6 Å². The third-order valence-corrected chi connectivity index (χ3v) is 5.17. The molecule has 0 fully saturated rings. The molecule has 0 radical (unpaired) electrons. The van der Waals surface area contributed by atoms with Crippen molar-refractivity contribution in [1.82, 2.24) is 15.1 Å². The van der Waals surface area contributed by atoms with E-state index in [0.29, 0.717) is 4.88 Å². The van der Waals surface area contributed by atoms with Crippen LogP contribution in [0.3, 0.4) is 0 Å². The highest BCUT2D eigenvalue weighted by Gasteiger charge is 2.16. The Bertz CT molecular complexity index is 899. The van der Waals surface area contributed by atoms with Gasteiger partial charge in [0.25, 0.3) is 0 Å². The number of carbonyl (C=O) groups excluding carboxylic acids is 2. The molecule has 3 aromatic rings. The van der Waals surface area contributed by atoms with Crippen molar-refractivity contribution in [2.75, 3.05) is 0 Å². The van der Waals surface area contributed by atoms with Crippen LogP contribution in [0.2, 0.25) is 0 Å². The number of amides is 1. The molecule has 5 nitrogen and oxygen atoms in total. The van der Waals surface area contributed by atoms with Crippen LogP contribution in [0.15, 0.2) is 54.9 Å². The maximum Gasteiger partial charge on any atom is 0.220 e. The SMILES string of the molecule is Cc1ccc(C(=O)CCC(=O)N[C@H](C)c2ccccc2-n2cccn2)s1. The fraction of sp³-hybridized carbons (Fsp3) is 0.250. The van der Waals surface area contributed by atoms with E-state index in [2.05, 4.69) is 10.4 Å². The number of para-hydroxylation sites is 1. The predicted octanol–water partition coefficient (Wildman–Crippen LogP) is 4.08. The zero-order valence-electron chi connectivity index (χ0n) is 14.8. The van der Waals surface area contributed by atoms with Crippen LogP contribution >= 0.6 is 11.3 Å². The predicted molar refractivity (Wildman–Crippen MR) is 103 cm³/mol. The van der Waals surface area contributed by atoms with Crippen LogP contribution in [0.1, 0.15) is 45.9 Å². The van der Waals surface area contributed by atoms with Crippen molar-refractivity contribution in [1.29, 1.82) is 0 Å². The number of Topliss-reactive ketones (excluding diaryl/α,β-unsaturated/α-hetero) is 1. The molecule has 0 saturated heterocycles. The second-order valence-electron chi connectivity index (χ2n) is 6.13. The maximum absolute atomic E-state index is 12.3. The molecular formula is C20H21N3O2S. The Morgan fingerprint density at radius 2 is 1.96 bits per heavy atom. The Morgan fingerprint density at radius 3 is 2.65 bits per heavy atom. The molecule has 1 N–H and O–H groups in total. The summed E-state index contributed by atoms with van der Waals surface area (Å²) >= 11 is 1.47. The monoisotopic (exact) mass is 367 g/mol. The number of aromatic nitrogens is 2. The largest absolute Gasteiger partial charge is 0.349 e. The average molecular weight is 367 g/mol. The molecule has 2 aromatic heterocycles. The summed E-state index contributed by atoms with van der Waals surface area (Å²) in [4.78, 5) is 26.2. The van der Waals surface area contributed by atoms with Gasteiger partial charge >= 0.3 is 0 Å². The first-order chi connectivity index (χ1) is 12.5. The Hall–Kier alpha value is -2.73. The summed E-state index contributed by atoms with van der Waals surface area (Å²) in [6.07, 6.45) is 4.00. The fourth-order valence-electron chi connectivity index (χ4n) is 2.80. The van der Waals surface area contributed by atoms with Gasteiger partial charge in [-0.05, 0) is 43.7 Å². The number of rotatable bonds is 7. The van der Waals surface area contributed by atoms with Gasteiger partial charge in [0.1, 0.15) is 0 Å². The first-order valence-corrected chi connectivity index (χ1v) is 9.34. The second-order valence-corrected chi connectivity index (χ2v) is 7.42. The van der Waals surface area contributed by atoms with Gasteiger partial charge in [-0.1, -0.05) is 18.2 Å². The van der Waals surface area contributed by atoms with Crippen molar-refractivity contribution < 1.29 is 9.59 Å². The number of hydrogen-bond donors (Lipinski definition) is 1. The molecule has 0 aliphatic rings. The number of aryl methyl sites for hydroxylation is 1. The topological polar surface area (TPSA) is 64.0 Å². The molecule has 0 aliphatic heterocycles. The lowest BCUT2D eigenvalue weighted by Crippen LogP contribution is -2.27. The lowest BCUT2D eigenvalue weighted by atomic mass is 10.1. The Kier molecular flexibility index (Phi) is 5.63. The number of thiophene rings is 1. The van der Waals surface area contributed by atoms with E-state index in [-0.39, 0.29) is 30.6 Å². The van der Waals surface area contributed by atoms with E-state index < -0.39 is 0 Å². The summed E-state index contributed by atoms with van der Waals surface area (Å²) in [7, 11) is 0. The van der Waals surface area contributed by atoms with Crippen LogP contribution < -0.4 is 5.32 Å². The van der Waals surface area contributed by atoms with Crippen LogP contribution in [-0.4, -0.2) is 21.5 Å². The lowest BCUT2D eigenvalue weighted by Gasteiger charge is -2.18. The minimum absolute atomic E-state index is 0.0165. The van der Waals surface area contributed by atoms with Gasteiger partial charge in [-0.15, -0.1) is 11.3 Å². The minimum atomic E-state index is -0.179. The smallest absolute Gasteiger partial charge is 0.220 e. The van der Waals surface area contributed by atoms with Crippen molar-refractivity contribution in [3.05, 3.63) is 70.2 Å². The van der Waals surface area contributed by atoms with Gasteiger partial charge in [0.15, 0.2) is 5.78 Å². The van der Waals surface area contributed by atoms with E-state index in [9.17, 15) is 9.59 Å². The zero-order valence-corrected chi connectivity index (χ0v) is 15.6. The Morgan fingerprint density at radius 1 is 1.15 bits per heavy atom. The molecule has 1 atom stereocenters. The Labute approximate surface area is 156 Å². The summed E-state index contributed by atoms with van der Waals surface area (Å²) in [6.45, 7) is 3.90. The molecule has 0 spiro atoms. The highest BCUT2D eigenvalue weighted by molar-refractivity contribution is 7.14. The van der Waals surface area contributed by atoms with E-state index in [1.807, 2.05) is 62.5 Å². The normalized spacial score (nSPS) is 11.9. The standard InChI is InChI=1S/C20H21N3O2S/c1-14-8-10-19(26-14)18(24)9-11-20(25)22-15(2)16-6-3-4-7-17(16)23-13-5-12-21-23/h3-8,10,12-13,15H,9,11H2,1-2H3,(H,22,25)/t15-/m1/s1. The van der Waals surface area contributed by atoms with E-state index in [4.69, 9.17) is 0 Å². The van der Waals surface area contributed by atoms with Crippen LogP contribution in [0.25, 0.3) is 5.69 Å². The quantitative estimate of drug-likeness (QED) is 0.640. The number of nitrogens with zero attached hydrogens (tertiary/aromatic N) is 2. The number of ketones is 1. The molecule has 6 heteroatoms. The summed E-state index contributed by atoms with van der Waals surface area (Å²) in [5.41, 5.74) is 1.90. The number of hydrogen-bond acceptors (Lipinski definition) is 4. The summed E-state index contributed by atoms with van der Waals surface area (Å²) in [6, 6.07) is 13.2. The minimum Gasteiger partial charge on any atom is -0.349 e. The van der Waals surface area contributed by atoms with Crippen LogP contribution in [0.5, 0.6) is 0 Å². The van der Waals surface area contributed by atoms with Gasteiger partial charge in [-0.25, -0.2) is 4.68 Å². The van der Waals surface area contributed by atoms with E-state index in [1.165, 1.54) is 11.3 Å². The molecule has 0 bridgehead atoms. The first kappa shape index (κ1) is 18.1. The van der Waals surface area contributed by atoms with Crippen LogP contribution in [0, 0.1) is 6.92 Å². The molecule has 1 amide bonds. The van der Waals surface area contributed by atoms with Gasteiger partial charge < -0.3 is 5.32 Å². The highest BCUT2D eigenvalue weighted by atomic mass is 32.1. The van der Waals surface area contributed by atoms with E-state index in [1.54, 1.807) is 10.9 Å².